The Morgan fingerprint density at radius 1 is 1.10 bits per heavy atom. The minimum absolute atomic E-state index is 0.0255. The van der Waals surface area contributed by atoms with Gasteiger partial charge in [0.1, 0.15) is 5.75 Å². The number of carbonyl (C=O) groups is 1. The number of hydrazine groups is 1. The Balaban J connectivity index is 1.80. The summed E-state index contributed by atoms with van der Waals surface area (Å²) in [5.41, 5.74) is 8.52. The van der Waals surface area contributed by atoms with Crippen LogP contribution in [0.1, 0.15) is 11.1 Å². The summed E-state index contributed by atoms with van der Waals surface area (Å²) in [6, 6.07) is 15.3. The Morgan fingerprint density at radius 2 is 1.90 bits per heavy atom. The molecule has 0 aliphatic carbocycles. The maximum atomic E-state index is 11.7. The van der Waals surface area contributed by atoms with Crippen LogP contribution in [0.2, 0.25) is 0 Å². The molecule has 4 nitrogen and oxygen atoms in total. The summed E-state index contributed by atoms with van der Waals surface area (Å²) >= 11 is 0. The molecule has 0 fully saturated rings. The number of aryl methyl sites for hydroxylation is 2. The van der Waals surface area contributed by atoms with E-state index in [1.165, 1.54) is 0 Å². The van der Waals surface area contributed by atoms with Crippen LogP contribution in [0.15, 0.2) is 48.5 Å². The predicted molar refractivity (Wildman–Crippen MR) is 79.6 cm³/mol. The molecule has 0 heterocycles. The van der Waals surface area contributed by atoms with E-state index in [0.29, 0.717) is 5.75 Å². The Hall–Kier alpha value is -2.49. The largest absolute Gasteiger partial charge is 0.484 e. The van der Waals surface area contributed by atoms with Gasteiger partial charge in [-0.3, -0.25) is 15.6 Å². The van der Waals surface area contributed by atoms with Gasteiger partial charge in [0.05, 0.1) is 5.69 Å². The number of para-hydroxylation sites is 1. The number of amides is 1. The Kier molecular flexibility index (Phi) is 4.60. The molecule has 0 aliphatic rings. The first kappa shape index (κ1) is 13.9. The number of ether oxygens (including phenoxy) is 1. The lowest BCUT2D eigenvalue weighted by Crippen LogP contribution is -2.33. The third-order valence-electron chi connectivity index (χ3n) is 2.84. The summed E-state index contributed by atoms with van der Waals surface area (Å²) in [7, 11) is 0. The number of carbonyl (C=O) groups excluding carboxylic acids is 1. The van der Waals surface area contributed by atoms with E-state index in [1.54, 1.807) is 0 Å². The summed E-state index contributed by atoms with van der Waals surface area (Å²) in [5.74, 6) is 0.464. The standard InChI is InChI=1S/C16H18N2O2/c1-12-6-5-8-14(10-12)20-11-16(19)18-17-15-9-4-3-7-13(15)2/h3-10,17H,11H2,1-2H3,(H,18,19). The average Bonchev–Trinajstić information content (AvgIpc) is 2.44. The van der Waals surface area contributed by atoms with Gasteiger partial charge in [-0.2, -0.15) is 0 Å². The van der Waals surface area contributed by atoms with Crippen molar-refractivity contribution >= 4 is 11.6 Å². The molecule has 104 valence electrons. The molecule has 0 radical (unpaired) electrons. The van der Waals surface area contributed by atoms with Crippen LogP contribution < -0.4 is 15.6 Å². The van der Waals surface area contributed by atoms with Crippen LogP contribution in [0.4, 0.5) is 5.69 Å². The van der Waals surface area contributed by atoms with Gasteiger partial charge in [-0.1, -0.05) is 30.3 Å². The number of rotatable bonds is 5. The van der Waals surface area contributed by atoms with Crippen molar-refractivity contribution in [2.24, 2.45) is 0 Å². The van der Waals surface area contributed by atoms with E-state index < -0.39 is 0 Å². The van der Waals surface area contributed by atoms with Crippen LogP contribution in [-0.4, -0.2) is 12.5 Å². The highest BCUT2D eigenvalue weighted by Crippen LogP contribution is 2.13. The fourth-order valence-electron chi connectivity index (χ4n) is 1.74. The van der Waals surface area contributed by atoms with Crippen molar-refractivity contribution in [3.05, 3.63) is 59.7 Å². The summed E-state index contributed by atoms with van der Waals surface area (Å²) < 4.78 is 5.42. The second-order valence-corrected chi connectivity index (χ2v) is 4.59. The van der Waals surface area contributed by atoms with Crippen molar-refractivity contribution in [2.75, 3.05) is 12.0 Å². The molecule has 0 saturated carbocycles. The highest BCUT2D eigenvalue weighted by Gasteiger charge is 2.03. The number of hydrogen-bond donors (Lipinski definition) is 2. The molecular formula is C16H18N2O2. The maximum Gasteiger partial charge on any atom is 0.276 e. The predicted octanol–water partition coefficient (Wildman–Crippen LogP) is 2.83. The normalized spacial score (nSPS) is 9.90. The van der Waals surface area contributed by atoms with Crippen molar-refractivity contribution in [2.45, 2.75) is 13.8 Å². The van der Waals surface area contributed by atoms with Crippen LogP contribution in [0.5, 0.6) is 5.75 Å². The van der Waals surface area contributed by atoms with E-state index in [1.807, 2.05) is 62.4 Å². The lowest BCUT2D eigenvalue weighted by molar-refractivity contribution is -0.122. The lowest BCUT2D eigenvalue weighted by atomic mass is 10.2. The fraction of sp³-hybridized carbons (Fsp3) is 0.188. The summed E-state index contributed by atoms with van der Waals surface area (Å²) in [5, 5.41) is 0. The van der Waals surface area contributed by atoms with E-state index >= 15 is 0 Å². The topological polar surface area (TPSA) is 50.4 Å². The smallest absolute Gasteiger partial charge is 0.276 e. The molecular weight excluding hydrogens is 252 g/mol. The quantitative estimate of drug-likeness (QED) is 0.821. The Bertz CT molecular complexity index is 597. The van der Waals surface area contributed by atoms with Crippen LogP contribution in [0.3, 0.4) is 0 Å². The highest BCUT2D eigenvalue weighted by atomic mass is 16.5. The van der Waals surface area contributed by atoms with Gasteiger partial charge < -0.3 is 4.74 Å². The van der Waals surface area contributed by atoms with Crippen LogP contribution in [0.25, 0.3) is 0 Å². The third-order valence-corrected chi connectivity index (χ3v) is 2.84. The van der Waals surface area contributed by atoms with E-state index in [0.717, 1.165) is 16.8 Å². The van der Waals surface area contributed by atoms with Crippen molar-refractivity contribution in [1.82, 2.24) is 5.43 Å². The number of benzene rings is 2. The molecule has 0 saturated heterocycles. The molecule has 2 aromatic rings. The number of nitrogens with one attached hydrogen (secondary N) is 2. The van der Waals surface area contributed by atoms with Gasteiger partial charge in [0.2, 0.25) is 0 Å². The Morgan fingerprint density at radius 3 is 2.65 bits per heavy atom. The van der Waals surface area contributed by atoms with E-state index in [9.17, 15) is 4.79 Å². The Labute approximate surface area is 118 Å². The summed E-state index contributed by atoms with van der Waals surface area (Å²) in [4.78, 5) is 11.7. The molecule has 0 unspecified atom stereocenters. The minimum atomic E-state index is -0.227. The summed E-state index contributed by atoms with van der Waals surface area (Å²) in [6.07, 6.45) is 0. The molecule has 4 heteroatoms. The zero-order chi connectivity index (χ0) is 14.4. The zero-order valence-electron chi connectivity index (χ0n) is 11.6. The molecule has 2 N–H and O–H groups in total. The number of hydrogen-bond acceptors (Lipinski definition) is 3. The van der Waals surface area contributed by atoms with Gasteiger partial charge >= 0.3 is 0 Å². The van der Waals surface area contributed by atoms with Gasteiger partial charge in [0.15, 0.2) is 6.61 Å². The number of anilines is 1. The van der Waals surface area contributed by atoms with Gasteiger partial charge in [-0.15, -0.1) is 0 Å². The summed E-state index contributed by atoms with van der Waals surface area (Å²) in [6.45, 7) is 3.92. The first-order valence-electron chi connectivity index (χ1n) is 6.45. The minimum Gasteiger partial charge on any atom is -0.484 e. The van der Waals surface area contributed by atoms with E-state index in [-0.39, 0.29) is 12.5 Å². The zero-order valence-corrected chi connectivity index (χ0v) is 11.6. The molecule has 0 aromatic heterocycles. The molecule has 0 spiro atoms. The first-order chi connectivity index (χ1) is 9.65. The third kappa shape index (κ3) is 4.02. The van der Waals surface area contributed by atoms with Crippen LogP contribution in [-0.2, 0) is 4.79 Å². The fourth-order valence-corrected chi connectivity index (χ4v) is 1.74. The van der Waals surface area contributed by atoms with E-state index in [4.69, 9.17) is 4.74 Å². The second kappa shape index (κ2) is 6.61. The molecule has 0 bridgehead atoms. The van der Waals surface area contributed by atoms with Crippen molar-refractivity contribution in [1.29, 1.82) is 0 Å². The van der Waals surface area contributed by atoms with Crippen molar-refractivity contribution in [3.8, 4) is 5.75 Å². The molecule has 2 rings (SSSR count). The van der Waals surface area contributed by atoms with Crippen LogP contribution >= 0.6 is 0 Å². The van der Waals surface area contributed by atoms with Gasteiger partial charge in [-0.25, -0.2) is 0 Å². The highest BCUT2D eigenvalue weighted by molar-refractivity contribution is 5.79. The monoisotopic (exact) mass is 270 g/mol. The molecule has 0 atom stereocenters. The van der Waals surface area contributed by atoms with Crippen LogP contribution in [0, 0.1) is 13.8 Å². The lowest BCUT2D eigenvalue weighted by Gasteiger charge is -2.11. The second-order valence-electron chi connectivity index (χ2n) is 4.59. The molecule has 0 aliphatic heterocycles. The van der Waals surface area contributed by atoms with Gasteiger partial charge in [0.25, 0.3) is 5.91 Å². The first-order valence-corrected chi connectivity index (χ1v) is 6.45. The molecule has 1 amide bonds. The molecule has 2 aromatic carbocycles. The average molecular weight is 270 g/mol. The SMILES string of the molecule is Cc1cccc(OCC(=O)NNc2ccccc2C)c1. The van der Waals surface area contributed by atoms with Gasteiger partial charge in [0, 0.05) is 0 Å². The van der Waals surface area contributed by atoms with E-state index in [2.05, 4.69) is 10.9 Å². The maximum absolute atomic E-state index is 11.7. The van der Waals surface area contributed by atoms with Gasteiger partial charge in [-0.05, 0) is 43.2 Å². The molecule has 20 heavy (non-hydrogen) atoms. The van der Waals surface area contributed by atoms with Crippen molar-refractivity contribution in [3.63, 3.8) is 0 Å². The van der Waals surface area contributed by atoms with Crippen molar-refractivity contribution < 1.29 is 9.53 Å².